The molecule has 0 aliphatic heterocycles. The summed E-state index contributed by atoms with van der Waals surface area (Å²) in [5.41, 5.74) is 4.91. The number of carbonyl (C=O) groups is 2. The minimum absolute atomic E-state index is 0.0319. The molecule has 4 aromatic rings. The number of hydrogen-bond donors (Lipinski definition) is 5. The van der Waals surface area contributed by atoms with Crippen molar-refractivity contribution < 1.29 is 45.8 Å². The number of aromatic nitrogens is 1. The van der Waals surface area contributed by atoms with E-state index in [1.165, 1.54) is 30.5 Å². The van der Waals surface area contributed by atoms with E-state index in [1.54, 1.807) is 0 Å². The molecule has 0 aliphatic carbocycles. The Morgan fingerprint density at radius 3 is 2.14 bits per heavy atom. The second-order valence-corrected chi connectivity index (χ2v) is 11.5. The van der Waals surface area contributed by atoms with E-state index in [-0.39, 0.29) is 22.7 Å². The molecule has 224 valence electrons. The van der Waals surface area contributed by atoms with Gasteiger partial charge < -0.3 is 25.3 Å². The van der Waals surface area contributed by atoms with Gasteiger partial charge in [0.1, 0.15) is 34.4 Å². The van der Waals surface area contributed by atoms with Crippen LogP contribution >= 0.6 is 37.9 Å². The van der Waals surface area contributed by atoms with Gasteiger partial charge in [0, 0.05) is 18.0 Å². The molecular formula is C27H18F5N3O5S3. The maximum absolute atomic E-state index is 15.6. The van der Waals surface area contributed by atoms with Crippen LogP contribution in [0.2, 0.25) is 0 Å². The number of anilines is 1. The molecule has 0 saturated carbocycles. The van der Waals surface area contributed by atoms with Crippen LogP contribution in [0.5, 0.6) is 23.0 Å². The van der Waals surface area contributed by atoms with Gasteiger partial charge in [-0.1, -0.05) is 12.1 Å². The predicted octanol–water partition coefficient (Wildman–Crippen LogP) is 6.85. The van der Waals surface area contributed by atoms with Crippen LogP contribution in [0.3, 0.4) is 0 Å². The summed E-state index contributed by atoms with van der Waals surface area (Å²) in [6.07, 6.45) is -3.85. The molecule has 1 heterocycles. The van der Waals surface area contributed by atoms with Crippen molar-refractivity contribution >= 4 is 55.4 Å². The molecular weight excluding hydrogens is 638 g/mol. The number of nitrogens with zero attached hydrogens (tertiary/aromatic N) is 1. The second-order valence-electron chi connectivity index (χ2n) is 8.52. The highest BCUT2D eigenvalue weighted by Crippen LogP contribution is 2.42. The fourth-order valence-electron chi connectivity index (χ4n) is 3.64. The third-order valence-electron chi connectivity index (χ3n) is 5.34. The number of thiol groups is 3. The van der Waals surface area contributed by atoms with Gasteiger partial charge in [-0.3, -0.25) is 14.6 Å². The lowest BCUT2D eigenvalue weighted by atomic mass is 10.0. The molecule has 0 unspecified atom stereocenters. The van der Waals surface area contributed by atoms with Gasteiger partial charge in [0.25, 0.3) is 11.8 Å². The standard InChI is InChI=1S/C27H18F5N3O5S3/c28-15-3-1-13(2-4-15)14-9-18(29)23(25(37)35-16-7-8-34-19(11-16)24(33)36)22(10-14)38-20-6-5-17(39-26(30,31)32)12-21(20)40-27(41,42)43/h1-12,41-43H,(H2,33,36)(H,34,35,37). The SMILES string of the molecule is NC(=O)c1cc(NC(=O)c2c(F)cc(-c3ccc(F)cc3)cc2Oc2ccc(OC(F)(F)F)cc2OC(S)(S)S)ccn1. The summed E-state index contributed by atoms with van der Waals surface area (Å²) in [6, 6.07) is 12.3. The average molecular weight is 656 g/mol. The van der Waals surface area contributed by atoms with Gasteiger partial charge in [0.05, 0.1) is 0 Å². The molecule has 43 heavy (non-hydrogen) atoms. The molecule has 0 radical (unpaired) electrons. The van der Waals surface area contributed by atoms with E-state index < -0.39 is 56.2 Å². The number of pyridine rings is 1. The fraction of sp³-hybridized carbons (Fsp3) is 0.0741. The molecule has 1 aromatic heterocycles. The van der Waals surface area contributed by atoms with Crippen molar-refractivity contribution in [3.63, 3.8) is 0 Å². The van der Waals surface area contributed by atoms with E-state index in [4.69, 9.17) is 15.2 Å². The number of halogens is 5. The van der Waals surface area contributed by atoms with Gasteiger partial charge in [-0.15, -0.1) is 51.1 Å². The Kier molecular flexibility index (Phi) is 9.32. The van der Waals surface area contributed by atoms with Crippen molar-refractivity contribution in [1.29, 1.82) is 0 Å². The maximum Gasteiger partial charge on any atom is 0.573 e. The summed E-state index contributed by atoms with van der Waals surface area (Å²) in [5, 5.41) is 2.41. The highest BCUT2D eigenvalue weighted by atomic mass is 32.2. The number of nitrogens with one attached hydrogen (secondary N) is 1. The highest BCUT2D eigenvalue weighted by molar-refractivity contribution is 8.16. The van der Waals surface area contributed by atoms with Gasteiger partial charge in [-0.2, -0.15) is 0 Å². The van der Waals surface area contributed by atoms with E-state index in [0.717, 1.165) is 42.5 Å². The average Bonchev–Trinajstić information content (AvgIpc) is 2.88. The van der Waals surface area contributed by atoms with Crippen molar-refractivity contribution in [1.82, 2.24) is 4.98 Å². The van der Waals surface area contributed by atoms with Crippen molar-refractivity contribution in [3.8, 4) is 34.1 Å². The number of primary amides is 1. The van der Waals surface area contributed by atoms with Crippen LogP contribution in [0, 0.1) is 11.6 Å². The first-order chi connectivity index (χ1) is 20.1. The van der Waals surface area contributed by atoms with Crippen LogP contribution in [0.25, 0.3) is 11.1 Å². The van der Waals surface area contributed by atoms with Gasteiger partial charge in [0.15, 0.2) is 11.5 Å². The van der Waals surface area contributed by atoms with Crippen LogP contribution in [-0.2, 0) is 0 Å². The zero-order valence-electron chi connectivity index (χ0n) is 21.2. The molecule has 0 saturated heterocycles. The Balaban J connectivity index is 1.82. The lowest BCUT2D eigenvalue weighted by Crippen LogP contribution is -2.18. The summed E-state index contributed by atoms with van der Waals surface area (Å²) < 4.78 is 81.0. The minimum atomic E-state index is -5.04. The monoisotopic (exact) mass is 655 g/mol. The number of benzene rings is 3. The number of alkyl halides is 3. The summed E-state index contributed by atoms with van der Waals surface area (Å²) >= 11 is 11.9. The van der Waals surface area contributed by atoms with E-state index in [9.17, 15) is 27.2 Å². The van der Waals surface area contributed by atoms with Gasteiger partial charge in [0.2, 0.25) is 3.60 Å². The number of hydrogen-bond acceptors (Lipinski definition) is 9. The molecule has 4 rings (SSSR count). The third kappa shape index (κ3) is 8.68. The smallest absolute Gasteiger partial charge is 0.455 e. The third-order valence-corrected chi connectivity index (χ3v) is 5.62. The molecule has 8 nitrogen and oxygen atoms in total. The quantitative estimate of drug-likeness (QED) is 0.0767. The topological polar surface area (TPSA) is 113 Å². The molecule has 0 spiro atoms. The zero-order valence-corrected chi connectivity index (χ0v) is 23.9. The van der Waals surface area contributed by atoms with Crippen LogP contribution < -0.4 is 25.3 Å². The lowest BCUT2D eigenvalue weighted by Gasteiger charge is -2.22. The minimum Gasteiger partial charge on any atom is -0.455 e. The first-order valence-electron chi connectivity index (χ1n) is 11.7. The van der Waals surface area contributed by atoms with Gasteiger partial charge >= 0.3 is 6.36 Å². The van der Waals surface area contributed by atoms with Crippen molar-refractivity contribution in [2.75, 3.05) is 5.32 Å². The number of nitrogens with two attached hydrogens (primary N) is 1. The summed E-state index contributed by atoms with van der Waals surface area (Å²) in [4.78, 5) is 28.6. The highest BCUT2D eigenvalue weighted by Gasteiger charge is 2.32. The zero-order chi connectivity index (χ0) is 31.5. The Bertz CT molecular complexity index is 1680. The van der Waals surface area contributed by atoms with Crippen LogP contribution in [0.4, 0.5) is 27.6 Å². The largest absolute Gasteiger partial charge is 0.573 e. The van der Waals surface area contributed by atoms with E-state index in [2.05, 4.69) is 52.9 Å². The molecule has 0 aliphatic rings. The summed E-state index contributed by atoms with van der Waals surface area (Å²) in [7, 11) is 0. The van der Waals surface area contributed by atoms with E-state index >= 15 is 4.39 Å². The van der Waals surface area contributed by atoms with Gasteiger partial charge in [-0.25, -0.2) is 8.78 Å². The molecule has 0 atom stereocenters. The number of amides is 2. The van der Waals surface area contributed by atoms with Crippen LogP contribution in [0.1, 0.15) is 20.8 Å². The maximum atomic E-state index is 15.6. The van der Waals surface area contributed by atoms with Crippen LogP contribution in [0.15, 0.2) is 72.9 Å². The number of carbonyl (C=O) groups excluding carboxylic acids is 2. The summed E-state index contributed by atoms with van der Waals surface area (Å²) in [6.45, 7) is 0. The Labute approximate surface area is 256 Å². The molecule has 0 bridgehead atoms. The number of rotatable bonds is 9. The first-order valence-corrected chi connectivity index (χ1v) is 13.0. The molecule has 2 amide bonds. The molecule has 3 aromatic carbocycles. The summed E-state index contributed by atoms with van der Waals surface area (Å²) in [5.74, 6) is -5.47. The first kappa shape index (κ1) is 31.8. The van der Waals surface area contributed by atoms with Crippen molar-refractivity contribution in [2.24, 2.45) is 5.73 Å². The van der Waals surface area contributed by atoms with Gasteiger partial charge in [-0.05, 0) is 59.7 Å². The predicted molar refractivity (Wildman–Crippen MR) is 156 cm³/mol. The lowest BCUT2D eigenvalue weighted by molar-refractivity contribution is -0.274. The molecule has 16 heteroatoms. The van der Waals surface area contributed by atoms with E-state index in [1.807, 2.05) is 0 Å². The van der Waals surface area contributed by atoms with E-state index in [0.29, 0.717) is 5.56 Å². The normalized spacial score (nSPS) is 11.5. The Morgan fingerprint density at radius 1 is 0.814 bits per heavy atom. The Morgan fingerprint density at radius 2 is 1.51 bits per heavy atom. The fourth-order valence-corrected chi connectivity index (χ4v) is 3.94. The van der Waals surface area contributed by atoms with Crippen molar-refractivity contribution in [3.05, 3.63) is 95.8 Å². The van der Waals surface area contributed by atoms with Crippen LogP contribution in [-0.4, -0.2) is 26.8 Å². The molecule has 0 fully saturated rings. The van der Waals surface area contributed by atoms with Crippen molar-refractivity contribution in [2.45, 2.75) is 9.96 Å². The Hall–Kier alpha value is -4.15. The molecule has 3 N–H and O–H groups in total. The number of ether oxygens (including phenoxy) is 3. The second kappa shape index (κ2) is 12.6.